The zero-order chi connectivity index (χ0) is 21.7. The molecule has 3 rings (SSSR count). The minimum atomic E-state index is -3.74. The predicted octanol–water partition coefficient (Wildman–Crippen LogP) is 3.74. The van der Waals surface area contributed by atoms with Gasteiger partial charge in [-0.3, -0.25) is 4.79 Å². The van der Waals surface area contributed by atoms with Crippen molar-refractivity contribution in [1.29, 1.82) is 0 Å². The van der Waals surface area contributed by atoms with Crippen LogP contribution in [0.2, 0.25) is 5.02 Å². The van der Waals surface area contributed by atoms with Crippen molar-refractivity contribution in [1.82, 2.24) is 14.1 Å². The highest BCUT2D eigenvalue weighted by atomic mass is 35.5. The molecule has 1 heterocycles. The first-order valence-electron chi connectivity index (χ1n) is 9.53. The van der Waals surface area contributed by atoms with E-state index in [1.165, 1.54) is 16.4 Å². The van der Waals surface area contributed by atoms with Crippen LogP contribution < -0.4 is 5.32 Å². The van der Waals surface area contributed by atoms with E-state index in [1.54, 1.807) is 37.0 Å². The van der Waals surface area contributed by atoms with E-state index in [0.29, 0.717) is 18.8 Å². The van der Waals surface area contributed by atoms with Crippen LogP contribution in [0.3, 0.4) is 0 Å². The fraction of sp³-hybridized carbons (Fsp3) is 0.238. The molecule has 9 heteroatoms. The number of anilines is 1. The van der Waals surface area contributed by atoms with E-state index in [4.69, 9.17) is 11.6 Å². The smallest absolute Gasteiger partial charge is 0.244 e. The lowest BCUT2D eigenvalue weighted by molar-refractivity contribution is -0.115. The molecule has 0 atom stereocenters. The van der Waals surface area contributed by atoms with E-state index in [-0.39, 0.29) is 22.2 Å². The molecule has 0 saturated carbocycles. The van der Waals surface area contributed by atoms with Gasteiger partial charge in [0.2, 0.25) is 15.9 Å². The summed E-state index contributed by atoms with van der Waals surface area (Å²) in [6.45, 7) is 4.18. The molecule has 3 aromatic rings. The Bertz CT molecular complexity index is 1130. The van der Waals surface area contributed by atoms with Crippen LogP contribution in [0.4, 0.5) is 5.69 Å². The van der Waals surface area contributed by atoms with Crippen LogP contribution in [0.1, 0.15) is 19.4 Å². The molecule has 1 amide bonds. The molecule has 1 N–H and O–H groups in total. The van der Waals surface area contributed by atoms with Crippen molar-refractivity contribution in [2.45, 2.75) is 25.2 Å². The maximum Gasteiger partial charge on any atom is 0.244 e. The molecule has 158 valence electrons. The number of hydrogen-bond acceptors (Lipinski definition) is 4. The van der Waals surface area contributed by atoms with Gasteiger partial charge in [0, 0.05) is 25.0 Å². The van der Waals surface area contributed by atoms with Crippen molar-refractivity contribution in [3.8, 4) is 5.69 Å². The van der Waals surface area contributed by atoms with Gasteiger partial charge >= 0.3 is 0 Å². The van der Waals surface area contributed by atoms with Crippen molar-refractivity contribution in [3.05, 3.63) is 71.5 Å². The van der Waals surface area contributed by atoms with Gasteiger partial charge in [0.05, 0.1) is 23.3 Å². The number of halogens is 1. The largest absolute Gasteiger partial charge is 0.326 e. The van der Waals surface area contributed by atoms with Crippen LogP contribution in [-0.2, 0) is 21.2 Å². The number of benzene rings is 2. The second kappa shape index (κ2) is 9.42. The third kappa shape index (κ3) is 4.89. The van der Waals surface area contributed by atoms with E-state index < -0.39 is 10.0 Å². The monoisotopic (exact) mass is 446 g/mol. The summed E-state index contributed by atoms with van der Waals surface area (Å²) in [5.41, 5.74) is 2.00. The summed E-state index contributed by atoms with van der Waals surface area (Å²) in [6.07, 6.45) is 3.52. The summed E-state index contributed by atoms with van der Waals surface area (Å²) in [5.74, 6) is -0.281. The van der Waals surface area contributed by atoms with Crippen LogP contribution in [0, 0.1) is 0 Å². The summed E-state index contributed by atoms with van der Waals surface area (Å²) in [7, 11) is -3.74. The molecular formula is C21H23ClN4O3S. The maximum absolute atomic E-state index is 12.8. The van der Waals surface area contributed by atoms with Crippen molar-refractivity contribution in [3.63, 3.8) is 0 Å². The van der Waals surface area contributed by atoms with Crippen LogP contribution in [0.5, 0.6) is 0 Å². The number of amides is 1. The van der Waals surface area contributed by atoms with Crippen molar-refractivity contribution in [2.75, 3.05) is 18.4 Å². The highest BCUT2D eigenvalue weighted by molar-refractivity contribution is 7.89. The molecule has 1 aromatic heterocycles. The van der Waals surface area contributed by atoms with E-state index in [2.05, 4.69) is 10.4 Å². The molecule has 30 heavy (non-hydrogen) atoms. The Kier molecular flexibility index (Phi) is 6.91. The molecule has 0 bridgehead atoms. The number of sulfonamides is 1. The molecule has 0 radical (unpaired) electrons. The first-order chi connectivity index (χ1) is 14.3. The van der Waals surface area contributed by atoms with E-state index >= 15 is 0 Å². The van der Waals surface area contributed by atoms with Gasteiger partial charge in [-0.15, -0.1) is 0 Å². The molecule has 0 unspecified atom stereocenters. The fourth-order valence-electron chi connectivity index (χ4n) is 3.05. The topological polar surface area (TPSA) is 84.3 Å². The average molecular weight is 447 g/mol. The number of rotatable bonds is 8. The summed E-state index contributed by atoms with van der Waals surface area (Å²) in [5, 5.41) is 7.13. The van der Waals surface area contributed by atoms with Crippen molar-refractivity contribution in [2.24, 2.45) is 0 Å². The third-order valence-electron chi connectivity index (χ3n) is 4.56. The van der Waals surface area contributed by atoms with Crippen LogP contribution in [0.25, 0.3) is 5.69 Å². The third-order valence-corrected chi connectivity index (χ3v) is 7.09. The van der Waals surface area contributed by atoms with E-state index in [1.807, 2.05) is 30.3 Å². The van der Waals surface area contributed by atoms with Crippen LogP contribution in [0.15, 0.2) is 65.8 Å². The maximum atomic E-state index is 12.8. The number of nitrogens with zero attached hydrogens (tertiary/aromatic N) is 3. The minimum Gasteiger partial charge on any atom is -0.326 e. The van der Waals surface area contributed by atoms with Gasteiger partial charge in [-0.25, -0.2) is 13.1 Å². The summed E-state index contributed by atoms with van der Waals surface area (Å²) >= 11 is 6.14. The lowest BCUT2D eigenvalue weighted by Gasteiger charge is -2.19. The Morgan fingerprint density at radius 2 is 1.83 bits per heavy atom. The van der Waals surface area contributed by atoms with E-state index in [9.17, 15) is 13.2 Å². The van der Waals surface area contributed by atoms with Gasteiger partial charge in [0.15, 0.2) is 0 Å². The van der Waals surface area contributed by atoms with Gasteiger partial charge in [-0.2, -0.15) is 9.40 Å². The normalized spacial score (nSPS) is 11.6. The standard InChI is InChI=1S/C21H23ClN4O3S/c1-3-25(4-2)30(28,29)20-13-17(10-11-19(20)22)24-21(27)12-16-14-23-26(15-16)18-8-6-5-7-9-18/h5-11,13-15H,3-4,12H2,1-2H3,(H,24,27). The predicted molar refractivity (Wildman–Crippen MR) is 117 cm³/mol. The molecule has 0 fully saturated rings. The Balaban J connectivity index is 1.74. The Hall–Kier alpha value is -2.68. The SMILES string of the molecule is CCN(CC)S(=O)(=O)c1cc(NC(=O)Cc2cnn(-c3ccccc3)c2)ccc1Cl. The molecule has 0 aliphatic carbocycles. The zero-order valence-electron chi connectivity index (χ0n) is 16.7. The van der Waals surface area contributed by atoms with Crippen molar-refractivity contribution < 1.29 is 13.2 Å². The molecule has 7 nitrogen and oxygen atoms in total. The minimum absolute atomic E-state index is 0.0254. The lowest BCUT2D eigenvalue weighted by atomic mass is 10.2. The Labute approximate surface area is 181 Å². The second-order valence-electron chi connectivity index (χ2n) is 6.59. The van der Waals surface area contributed by atoms with Crippen molar-refractivity contribution >= 4 is 33.2 Å². The van der Waals surface area contributed by atoms with Gasteiger partial charge in [0.1, 0.15) is 4.90 Å². The molecule has 0 aliphatic rings. The first-order valence-corrected chi connectivity index (χ1v) is 11.4. The average Bonchev–Trinajstić information content (AvgIpc) is 3.19. The number of carbonyl (C=O) groups excluding carboxylic acids is 1. The van der Waals surface area contributed by atoms with Gasteiger partial charge < -0.3 is 5.32 Å². The van der Waals surface area contributed by atoms with Gasteiger partial charge in [0.25, 0.3) is 0 Å². The molecule has 2 aromatic carbocycles. The molecule has 0 spiro atoms. The number of para-hydroxylation sites is 1. The first kappa shape index (κ1) is 22.0. The Morgan fingerprint density at radius 1 is 1.13 bits per heavy atom. The number of hydrogen-bond donors (Lipinski definition) is 1. The summed E-state index contributed by atoms with van der Waals surface area (Å²) in [6, 6.07) is 14.0. The number of nitrogens with one attached hydrogen (secondary N) is 1. The zero-order valence-corrected chi connectivity index (χ0v) is 18.3. The number of aromatic nitrogens is 2. The molecule has 0 aliphatic heterocycles. The van der Waals surface area contributed by atoms with Crippen LogP contribution in [-0.4, -0.2) is 41.5 Å². The number of carbonyl (C=O) groups is 1. The summed E-state index contributed by atoms with van der Waals surface area (Å²) in [4.78, 5) is 12.5. The Morgan fingerprint density at radius 3 is 2.50 bits per heavy atom. The quantitative estimate of drug-likeness (QED) is 0.571. The summed E-state index contributed by atoms with van der Waals surface area (Å²) < 4.78 is 28.6. The highest BCUT2D eigenvalue weighted by Crippen LogP contribution is 2.28. The fourth-order valence-corrected chi connectivity index (χ4v) is 5.00. The van der Waals surface area contributed by atoms with Gasteiger partial charge in [-0.05, 0) is 35.9 Å². The van der Waals surface area contributed by atoms with E-state index in [0.717, 1.165) is 11.3 Å². The molecular weight excluding hydrogens is 424 g/mol. The van der Waals surface area contributed by atoms with Gasteiger partial charge in [-0.1, -0.05) is 43.6 Å². The second-order valence-corrected chi connectivity index (χ2v) is 8.90. The highest BCUT2D eigenvalue weighted by Gasteiger charge is 2.25. The van der Waals surface area contributed by atoms with Crippen LogP contribution >= 0.6 is 11.6 Å². The molecule has 0 saturated heterocycles. The lowest BCUT2D eigenvalue weighted by Crippen LogP contribution is -2.30.